The molecule has 0 spiro atoms. The molecule has 0 N–H and O–H groups in total. The minimum absolute atomic E-state index is 0.0671. The molecule has 1 rings (SSSR count). The first kappa shape index (κ1) is 9.40. The second-order valence-electron chi connectivity index (χ2n) is 3.74. The van der Waals surface area contributed by atoms with E-state index in [0.717, 1.165) is 0 Å². The topological polar surface area (TPSA) is 9.23 Å². The minimum atomic E-state index is 0.0671. The van der Waals surface area contributed by atoms with E-state index in [1.165, 1.54) is 12.2 Å². The van der Waals surface area contributed by atoms with Gasteiger partial charge in [0.05, 0.1) is 6.10 Å². The smallest absolute Gasteiger partial charge is 0.113 e. The molecule has 1 saturated heterocycles. The lowest BCUT2D eigenvalue weighted by atomic mass is 10.1. The predicted molar refractivity (Wildman–Crippen MR) is 50.9 cm³/mol. The Kier molecular flexibility index (Phi) is 2.87. The van der Waals surface area contributed by atoms with Crippen molar-refractivity contribution in [2.75, 3.05) is 5.75 Å². The van der Waals surface area contributed by atoms with Gasteiger partial charge in [0.25, 0.3) is 0 Å². The van der Waals surface area contributed by atoms with Gasteiger partial charge >= 0.3 is 0 Å². The van der Waals surface area contributed by atoms with E-state index in [9.17, 15) is 0 Å². The summed E-state index contributed by atoms with van der Waals surface area (Å²) in [6.07, 6.45) is 1.65. The average molecular weight is 174 g/mol. The van der Waals surface area contributed by atoms with Crippen molar-refractivity contribution < 1.29 is 4.74 Å². The van der Waals surface area contributed by atoms with Gasteiger partial charge in [-0.1, -0.05) is 13.8 Å². The number of thioether (sulfide) groups is 1. The lowest BCUT2D eigenvalue weighted by Gasteiger charge is -2.39. The molecule has 0 aliphatic carbocycles. The molecule has 0 aromatic rings. The van der Waals surface area contributed by atoms with Gasteiger partial charge in [0.1, 0.15) is 4.93 Å². The summed E-state index contributed by atoms with van der Waals surface area (Å²) in [5, 5.41) is 0. The quantitative estimate of drug-likeness (QED) is 0.604. The molecule has 1 heterocycles. The van der Waals surface area contributed by atoms with E-state index in [4.69, 9.17) is 4.74 Å². The van der Waals surface area contributed by atoms with Gasteiger partial charge in [-0.15, -0.1) is 11.8 Å². The fraction of sp³-hybridized carbons (Fsp3) is 1.00. The molecular formula is C9H18OS. The van der Waals surface area contributed by atoms with Crippen molar-refractivity contribution in [2.45, 2.75) is 45.2 Å². The zero-order chi connectivity index (χ0) is 8.48. The molecule has 1 fully saturated rings. The molecule has 2 heteroatoms. The van der Waals surface area contributed by atoms with Crippen LogP contribution in [0.15, 0.2) is 0 Å². The van der Waals surface area contributed by atoms with Crippen LogP contribution in [0.2, 0.25) is 0 Å². The van der Waals surface area contributed by atoms with Crippen molar-refractivity contribution in [3.05, 3.63) is 0 Å². The Morgan fingerprint density at radius 2 is 2.18 bits per heavy atom. The maximum Gasteiger partial charge on any atom is 0.113 e. The second-order valence-corrected chi connectivity index (χ2v) is 5.24. The molecule has 11 heavy (non-hydrogen) atoms. The van der Waals surface area contributed by atoms with Crippen LogP contribution in [0.5, 0.6) is 0 Å². The zero-order valence-corrected chi connectivity index (χ0v) is 8.70. The molecule has 0 aromatic carbocycles. The van der Waals surface area contributed by atoms with Crippen LogP contribution in [0.4, 0.5) is 0 Å². The first-order valence-electron chi connectivity index (χ1n) is 4.36. The number of ether oxygens (including phenoxy) is 1. The summed E-state index contributed by atoms with van der Waals surface area (Å²) in [6.45, 7) is 8.83. The Labute approximate surface area is 73.9 Å². The first-order valence-corrected chi connectivity index (χ1v) is 5.35. The van der Waals surface area contributed by atoms with Gasteiger partial charge < -0.3 is 4.74 Å². The highest BCUT2D eigenvalue weighted by molar-refractivity contribution is 8.00. The van der Waals surface area contributed by atoms with Gasteiger partial charge in [0, 0.05) is 0 Å². The Morgan fingerprint density at radius 3 is 2.55 bits per heavy atom. The van der Waals surface area contributed by atoms with Gasteiger partial charge in [-0.2, -0.15) is 0 Å². The molecule has 2 atom stereocenters. The fourth-order valence-corrected chi connectivity index (χ4v) is 2.64. The number of hydrogen-bond donors (Lipinski definition) is 0. The van der Waals surface area contributed by atoms with Crippen LogP contribution in [0.1, 0.15) is 34.1 Å². The highest BCUT2D eigenvalue weighted by atomic mass is 32.2. The van der Waals surface area contributed by atoms with Gasteiger partial charge in [-0.05, 0) is 31.9 Å². The lowest BCUT2D eigenvalue weighted by molar-refractivity contribution is -0.0482. The normalized spacial score (nSPS) is 39.5. The highest BCUT2D eigenvalue weighted by Crippen LogP contribution is 2.39. The predicted octanol–water partition coefficient (Wildman–Crippen LogP) is 2.90. The van der Waals surface area contributed by atoms with Crippen molar-refractivity contribution in [3.8, 4) is 0 Å². The molecule has 0 saturated carbocycles. The standard InChI is InChI=1S/C9H18OS/c1-7(2)9(4)10-8(3)5-6-11-9/h7-8H,5-6H2,1-4H3. The molecule has 0 aromatic heterocycles. The summed E-state index contributed by atoms with van der Waals surface area (Å²) in [7, 11) is 0. The molecule has 1 aliphatic rings. The van der Waals surface area contributed by atoms with E-state index in [-0.39, 0.29) is 4.93 Å². The van der Waals surface area contributed by atoms with Crippen molar-refractivity contribution in [1.29, 1.82) is 0 Å². The molecule has 66 valence electrons. The fourth-order valence-electron chi connectivity index (χ4n) is 1.22. The molecule has 0 radical (unpaired) electrons. The Hall–Kier alpha value is 0.310. The molecule has 1 aliphatic heterocycles. The van der Waals surface area contributed by atoms with Gasteiger partial charge in [-0.25, -0.2) is 0 Å². The SMILES string of the molecule is CC1CCSC(C)(C(C)C)O1. The third-order valence-corrected chi connectivity index (χ3v) is 3.98. The molecular weight excluding hydrogens is 156 g/mol. The monoisotopic (exact) mass is 174 g/mol. The third-order valence-electron chi connectivity index (χ3n) is 2.40. The molecule has 1 nitrogen and oxygen atoms in total. The Bertz CT molecular complexity index is 136. The van der Waals surface area contributed by atoms with Crippen molar-refractivity contribution in [1.82, 2.24) is 0 Å². The summed E-state index contributed by atoms with van der Waals surface area (Å²) in [6, 6.07) is 0. The Morgan fingerprint density at radius 1 is 1.55 bits per heavy atom. The highest BCUT2D eigenvalue weighted by Gasteiger charge is 2.34. The van der Waals surface area contributed by atoms with Crippen LogP contribution >= 0.6 is 11.8 Å². The van der Waals surface area contributed by atoms with Crippen LogP contribution in [-0.2, 0) is 4.74 Å². The van der Waals surface area contributed by atoms with E-state index >= 15 is 0 Å². The van der Waals surface area contributed by atoms with Crippen molar-refractivity contribution >= 4 is 11.8 Å². The molecule has 0 bridgehead atoms. The van der Waals surface area contributed by atoms with E-state index in [0.29, 0.717) is 12.0 Å². The van der Waals surface area contributed by atoms with Gasteiger partial charge in [-0.3, -0.25) is 0 Å². The van der Waals surface area contributed by atoms with Crippen LogP contribution in [0.25, 0.3) is 0 Å². The number of rotatable bonds is 1. The third kappa shape index (κ3) is 2.12. The Balaban J connectivity index is 2.55. The van der Waals surface area contributed by atoms with Crippen molar-refractivity contribution in [3.63, 3.8) is 0 Å². The zero-order valence-electron chi connectivity index (χ0n) is 7.89. The van der Waals surface area contributed by atoms with Gasteiger partial charge in [0.2, 0.25) is 0 Å². The van der Waals surface area contributed by atoms with Crippen molar-refractivity contribution in [2.24, 2.45) is 5.92 Å². The van der Waals surface area contributed by atoms with E-state index < -0.39 is 0 Å². The summed E-state index contributed by atoms with van der Waals surface area (Å²) < 4.78 is 5.90. The van der Waals surface area contributed by atoms with Crippen LogP contribution in [-0.4, -0.2) is 16.8 Å². The largest absolute Gasteiger partial charge is 0.361 e. The second kappa shape index (κ2) is 3.36. The average Bonchev–Trinajstić information content (AvgIpc) is 1.86. The first-order chi connectivity index (χ1) is 5.04. The number of hydrogen-bond acceptors (Lipinski definition) is 2. The summed E-state index contributed by atoms with van der Waals surface area (Å²) in [4.78, 5) is 0.0671. The van der Waals surface area contributed by atoms with Crippen LogP contribution < -0.4 is 0 Å². The van der Waals surface area contributed by atoms with Crippen LogP contribution in [0.3, 0.4) is 0 Å². The van der Waals surface area contributed by atoms with Crippen LogP contribution in [0, 0.1) is 5.92 Å². The molecule has 2 unspecified atom stereocenters. The summed E-state index contributed by atoms with van der Waals surface area (Å²) >= 11 is 1.96. The van der Waals surface area contributed by atoms with E-state index in [2.05, 4.69) is 27.7 Å². The maximum atomic E-state index is 5.90. The van der Waals surface area contributed by atoms with Gasteiger partial charge in [0.15, 0.2) is 0 Å². The molecule has 0 amide bonds. The van der Waals surface area contributed by atoms with E-state index in [1.807, 2.05) is 11.8 Å². The van der Waals surface area contributed by atoms with E-state index in [1.54, 1.807) is 0 Å². The minimum Gasteiger partial charge on any atom is -0.361 e. The summed E-state index contributed by atoms with van der Waals surface area (Å²) in [5.41, 5.74) is 0. The lowest BCUT2D eigenvalue weighted by Crippen LogP contribution is -2.38. The summed E-state index contributed by atoms with van der Waals surface area (Å²) in [5.74, 6) is 1.85. The maximum absolute atomic E-state index is 5.90.